The smallest absolute Gasteiger partial charge is 0.245 e. The number of allylic oxidation sites excluding steroid dienone is 1. The van der Waals surface area contributed by atoms with Crippen LogP contribution in [-0.4, -0.2) is 41.9 Å². The Hall–Kier alpha value is -2.14. The van der Waals surface area contributed by atoms with E-state index < -0.39 is 12.1 Å². The highest BCUT2D eigenvalue weighted by molar-refractivity contribution is 5.90. The summed E-state index contributed by atoms with van der Waals surface area (Å²) in [5.41, 5.74) is 9.03. The summed E-state index contributed by atoms with van der Waals surface area (Å²) in [6, 6.07) is 7.55. The second kappa shape index (κ2) is 10.4. The molecule has 2 fully saturated rings. The van der Waals surface area contributed by atoms with Gasteiger partial charge in [-0.2, -0.15) is 0 Å². The van der Waals surface area contributed by atoms with Gasteiger partial charge in [0.05, 0.1) is 6.04 Å². The van der Waals surface area contributed by atoms with Crippen molar-refractivity contribution < 1.29 is 9.59 Å². The lowest BCUT2D eigenvalue weighted by atomic mass is 9.74. The van der Waals surface area contributed by atoms with Crippen LogP contribution in [0.4, 0.5) is 0 Å². The quantitative estimate of drug-likeness (QED) is 0.645. The Morgan fingerprint density at radius 1 is 1.15 bits per heavy atom. The Bertz CT molecular complexity index is 866. The molecule has 2 amide bonds. The van der Waals surface area contributed by atoms with E-state index in [0.717, 1.165) is 25.7 Å². The van der Waals surface area contributed by atoms with Gasteiger partial charge in [0.15, 0.2) is 0 Å². The molecule has 4 rings (SSSR count). The van der Waals surface area contributed by atoms with E-state index in [-0.39, 0.29) is 23.1 Å². The van der Waals surface area contributed by atoms with Crippen LogP contribution >= 0.6 is 0 Å². The van der Waals surface area contributed by atoms with Crippen molar-refractivity contribution in [1.29, 1.82) is 0 Å². The van der Waals surface area contributed by atoms with Gasteiger partial charge in [-0.05, 0) is 42.2 Å². The van der Waals surface area contributed by atoms with Crippen LogP contribution in [0, 0.1) is 11.8 Å². The maximum Gasteiger partial charge on any atom is 0.245 e. The first kappa shape index (κ1) is 24.0. The second-order valence-electron chi connectivity index (χ2n) is 10.6. The normalized spacial score (nSPS) is 22.6. The Morgan fingerprint density at radius 2 is 1.85 bits per heavy atom. The van der Waals surface area contributed by atoms with Crippen LogP contribution in [0.25, 0.3) is 6.08 Å². The van der Waals surface area contributed by atoms with Crippen molar-refractivity contribution in [3.63, 3.8) is 0 Å². The molecule has 1 aromatic rings. The number of carbonyl (C=O) groups is 2. The maximum atomic E-state index is 13.5. The topological polar surface area (TPSA) is 75.4 Å². The van der Waals surface area contributed by atoms with Gasteiger partial charge >= 0.3 is 0 Å². The van der Waals surface area contributed by atoms with E-state index in [9.17, 15) is 9.59 Å². The molecular formula is C28H41N3O2. The molecule has 2 aliphatic carbocycles. The van der Waals surface area contributed by atoms with Gasteiger partial charge in [0.25, 0.3) is 0 Å². The van der Waals surface area contributed by atoms with E-state index in [2.05, 4.69) is 55.6 Å². The number of nitrogens with one attached hydrogen (secondary N) is 1. The number of rotatable bonds is 7. The molecule has 180 valence electrons. The van der Waals surface area contributed by atoms with E-state index in [1.54, 1.807) is 0 Å². The number of hydrogen-bond donors (Lipinski definition) is 2. The summed E-state index contributed by atoms with van der Waals surface area (Å²) in [6.45, 7) is 5.56. The Morgan fingerprint density at radius 3 is 2.55 bits per heavy atom. The zero-order valence-electron chi connectivity index (χ0n) is 20.4. The third-order valence-corrected chi connectivity index (χ3v) is 8.47. The van der Waals surface area contributed by atoms with Gasteiger partial charge in [-0.3, -0.25) is 9.59 Å². The molecule has 1 heterocycles. The van der Waals surface area contributed by atoms with Gasteiger partial charge < -0.3 is 16.0 Å². The van der Waals surface area contributed by atoms with Gasteiger partial charge in [0.2, 0.25) is 11.8 Å². The van der Waals surface area contributed by atoms with Gasteiger partial charge in [0.1, 0.15) is 6.04 Å². The Balaban J connectivity index is 1.37. The average Bonchev–Trinajstić information content (AvgIpc) is 3.20. The molecule has 5 heteroatoms. The van der Waals surface area contributed by atoms with Crippen molar-refractivity contribution in [1.82, 2.24) is 10.2 Å². The third kappa shape index (κ3) is 5.18. The van der Waals surface area contributed by atoms with Crippen molar-refractivity contribution >= 4 is 17.9 Å². The highest BCUT2D eigenvalue weighted by Gasteiger charge is 2.41. The molecule has 0 radical (unpaired) electrons. The van der Waals surface area contributed by atoms with E-state index >= 15 is 0 Å². The van der Waals surface area contributed by atoms with Crippen molar-refractivity contribution in [2.45, 2.75) is 89.1 Å². The summed E-state index contributed by atoms with van der Waals surface area (Å²) in [7, 11) is 0. The molecule has 0 unspecified atom stereocenters. The van der Waals surface area contributed by atoms with E-state index in [1.165, 1.54) is 43.2 Å². The summed E-state index contributed by atoms with van der Waals surface area (Å²) >= 11 is 0. The minimum absolute atomic E-state index is 0.0465. The molecule has 33 heavy (non-hydrogen) atoms. The van der Waals surface area contributed by atoms with Crippen molar-refractivity contribution in [3.05, 3.63) is 41.5 Å². The summed E-state index contributed by atoms with van der Waals surface area (Å²) < 4.78 is 0. The first-order valence-corrected chi connectivity index (χ1v) is 13.1. The summed E-state index contributed by atoms with van der Waals surface area (Å²) in [6.07, 6.45) is 14.1. The fourth-order valence-electron chi connectivity index (χ4n) is 6.03. The number of amides is 2. The summed E-state index contributed by atoms with van der Waals surface area (Å²) in [4.78, 5) is 28.5. The van der Waals surface area contributed by atoms with Crippen molar-refractivity contribution in [2.75, 3.05) is 13.1 Å². The fraction of sp³-hybridized carbons (Fsp3) is 0.643. The SMILES string of the molecule is CC[C@H](C)[C@H](NC(=O)[C@@H](N)CC1CCCCC1)C(=O)N1CCC2(C=Cc3ccccc32)CC1. The highest BCUT2D eigenvalue weighted by atomic mass is 16.2. The van der Waals surface area contributed by atoms with Gasteiger partial charge in [-0.25, -0.2) is 0 Å². The lowest BCUT2D eigenvalue weighted by Gasteiger charge is -2.41. The number of nitrogens with two attached hydrogens (primary N) is 1. The number of fused-ring (bicyclic) bond motifs is 2. The molecule has 1 aromatic carbocycles. The first-order chi connectivity index (χ1) is 15.9. The van der Waals surface area contributed by atoms with Crippen LogP contribution in [0.2, 0.25) is 0 Å². The predicted molar refractivity (Wildman–Crippen MR) is 134 cm³/mol. The minimum Gasteiger partial charge on any atom is -0.343 e. The van der Waals surface area contributed by atoms with E-state index in [4.69, 9.17) is 5.73 Å². The molecular weight excluding hydrogens is 410 g/mol. The molecule has 1 saturated carbocycles. The zero-order valence-corrected chi connectivity index (χ0v) is 20.4. The Labute approximate surface area is 199 Å². The van der Waals surface area contributed by atoms with Gasteiger partial charge in [0, 0.05) is 18.5 Å². The van der Waals surface area contributed by atoms with Crippen LogP contribution < -0.4 is 11.1 Å². The first-order valence-electron chi connectivity index (χ1n) is 13.1. The molecule has 1 spiro atoms. The standard InChI is InChI=1S/C28H41N3O2/c1-3-20(2)25(30-26(32)24(29)19-21-9-5-4-6-10-21)27(33)31-17-15-28(16-18-31)14-13-22-11-7-8-12-23(22)28/h7-8,11-14,20-21,24-25H,3-6,9-10,15-19,29H2,1-2H3,(H,30,32)/t20-,24-,25-/m0/s1. The number of likely N-dealkylation sites (tertiary alicyclic amines) is 1. The average molecular weight is 452 g/mol. The molecule has 0 aromatic heterocycles. The molecule has 5 nitrogen and oxygen atoms in total. The number of hydrogen-bond acceptors (Lipinski definition) is 3. The number of piperidine rings is 1. The number of nitrogens with zero attached hydrogens (tertiary/aromatic N) is 1. The monoisotopic (exact) mass is 451 g/mol. The lowest BCUT2D eigenvalue weighted by Crippen LogP contribution is -2.57. The van der Waals surface area contributed by atoms with Crippen LogP contribution in [-0.2, 0) is 15.0 Å². The Kier molecular flexibility index (Phi) is 7.58. The molecule has 3 atom stereocenters. The van der Waals surface area contributed by atoms with Crippen LogP contribution in [0.1, 0.15) is 82.8 Å². The summed E-state index contributed by atoms with van der Waals surface area (Å²) in [5, 5.41) is 3.06. The molecule has 3 aliphatic rings. The minimum atomic E-state index is -0.530. The van der Waals surface area contributed by atoms with Crippen LogP contribution in [0.3, 0.4) is 0 Å². The van der Waals surface area contributed by atoms with Crippen molar-refractivity contribution in [3.8, 4) is 0 Å². The van der Waals surface area contributed by atoms with Crippen LogP contribution in [0.5, 0.6) is 0 Å². The van der Waals surface area contributed by atoms with E-state index in [1.807, 2.05) is 4.90 Å². The van der Waals surface area contributed by atoms with Gasteiger partial charge in [-0.15, -0.1) is 0 Å². The number of carbonyl (C=O) groups excluding carboxylic acids is 2. The third-order valence-electron chi connectivity index (χ3n) is 8.47. The van der Waals surface area contributed by atoms with Crippen LogP contribution in [0.15, 0.2) is 30.3 Å². The maximum absolute atomic E-state index is 13.5. The molecule has 1 saturated heterocycles. The summed E-state index contributed by atoms with van der Waals surface area (Å²) in [5.74, 6) is 0.497. The molecule has 3 N–H and O–H groups in total. The second-order valence-corrected chi connectivity index (χ2v) is 10.6. The van der Waals surface area contributed by atoms with Gasteiger partial charge in [-0.1, -0.05) is 88.8 Å². The lowest BCUT2D eigenvalue weighted by molar-refractivity contribution is -0.139. The number of benzene rings is 1. The zero-order chi connectivity index (χ0) is 23.4. The largest absolute Gasteiger partial charge is 0.343 e. The predicted octanol–water partition coefficient (Wildman–Crippen LogP) is 4.40. The molecule has 0 bridgehead atoms. The molecule has 1 aliphatic heterocycles. The van der Waals surface area contributed by atoms with Crippen molar-refractivity contribution in [2.24, 2.45) is 17.6 Å². The van der Waals surface area contributed by atoms with E-state index in [0.29, 0.717) is 19.0 Å². The highest BCUT2D eigenvalue weighted by Crippen LogP contribution is 2.43. The fourth-order valence-corrected chi connectivity index (χ4v) is 6.03.